The van der Waals surface area contributed by atoms with E-state index in [1.165, 1.54) is 11.8 Å². The molecule has 4 nitrogen and oxygen atoms in total. The molecule has 0 bridgehead atoms. The van der Waals surface area contributed by atoms with E-state index in [1.54, 1.807) is 4.90 Å². The van der Waals surface area contributed by atoms with Crippen molar-refractivity contribution in [2.24, 2.45) is 0 Å². The molecule has 2 aliphatic rings. The molecule has 2 saturated heterocycles. The van der Waals surface area contributed by atoms with Gasteiger partial charge in [-0.15, -0.1) is 0 Å². The molecule has 1 aromatic rings. The lowest BCUT2D eigenvalue weighted by atomic mass is 10.2. The third kappa shape index (κ3) is 3.29. The maximum atomic E-state index is 12.7. The van der Waals surface area contributed by atoms with Gasteiger partial charge in [0.1, 0.15) is 9.57 Å². The molecule has 112 valence electrons. The van der Waals surface area contributed by atoms with Crippen molar-refractivity contribution in [2.45, 2.75) is 12.2 Å². The van der Waals surface area contributed by atoms with Crippen LogP contribution in [0.5, 0.6) is 0 Å². The lowest BCUT2D eigenvalue weighted by Crippen LogP contribution is -2.43. The van der Waals surface area contributed by atoms with E-state index in [4.69, 9.17) is 17.0 Å². The van der Waals surface area contributed by atoms with Crippen LogP contribution >= 0.6 is 24.0 Å². The van der Waals surface area contributed by atoms with E-state index < -0.39 is 0 Å². The molecule has 1 atom stereocenters. The summed E-state index contributed by atoms with van der Waals surface area (Å²) in [7, 11) is 0. The number of anilines is 1. The highest BCUT2D eigenvalue weighted by Crippen LogP contribution is 2.32. The van der Waals surface area contributed by atoms with E-state index in [0.29, 0.717) is 4.32 Å². The van der Waals surface area contributed by atoms with Crippen LogP contribution in [0.2, 0.25) is 0 Å². The summed E-state index contributed by atoms with van der Waals surface area (Å²) < 4.78 is 6.00. The zero-order valence-electron chi connectivity index (χ0n) is 11.9. The number of carbonyl (C=O) groups is 1. The van der Waals surface area contributed by atoms with E-state index in [2.05, 4.69) is 4.90 Å². The van der Waals surface area contributed by atoms with Gasteiger partial charge in [-0.3, -0.25) is 14.6 Å². The van der Waals surface area contributed by atoms with Crippen molar-refractivity contribution in [1.82, 2.24) is 4.90 Å². The Morgan fingerprint density at radius 3 is 2.86 bits per heavy atom. The quantitative estimate of drug-likeness (QED) is 0.796. The van der Waals surface area contributed by atoms with Crippen LogP contribution in [0.4, 0.5) is 5.69 Å². The minimum atomic E-state index is -0.101. The van der Waals surface area contributed by atoms with Crippen LogP contribution in [0.1, 0.15) is 5.56 Å². The third-order valence-electron chi connectivity index (χ3n) is 3.71. The molecule has 0 aliphatic carbocycles. The van der Waals surface area contributed by atoms with Gasteiger partial charge in [-0.2, -0.15) is 0 Å². The van der Waals surface area contributed by atoms with E-state index in [0.717, 1.165) is 44.1 Å². The number of hydrogen-bond acceptors (Lipinski definition) is 5. The molecule has 6 heteroatoms. The second-order valence-corrected chi connectivity index (χ2v) is 7.13. The highest BCUT2D eigenvalue weighted by atomic mass is 32.2. The van der Waals surface area contributed by atoms with Crippen LogP contribution in [-0.4, -0.2) is 53.2 Å². The van der Waals surface area contributed by atoms with Crippen molar-refractivity contribution in [3.05, 3.63) is 29.8 Å². The van der Waals surface area contributed by atoms with Crippen LogP contribution in [0.25, 0.3) is 0 Å². The number of amides is 1. The molecule has 21 heavy (non-hydrogen) atoms. The van der Waals surface area contributed by atoms with E-state index in [-0.39, 0.29) is 11.2 Å². The van der Waals surface area contributed by atoms with E-state index in [1.807, 2.05) is 31.2 Å². The van der Waals surface area contributed by atoms with Crippen LogP contribution in [-0.2, 0) is 9.53 Å². The molecular formula is C15H18N2O2S2. The zero-order valence-corrected chi connectivity index (χ0v) is 13.6. The van der Waals surface area contributed by atoms with E-state index in [9.17, 15) is 4.79 Å². The summed E-state index contributed by atoms with van der Waals surface area (Å²) in [6, 6.07) is 7.92. The van der Waals surface area contributed by atoms with Crippen LogP contribution in [0, 0.1) is 6.92 Å². The van der Waals surface area contributed by atoms with Gasteiger partial charge in [0, 0.05) is 19.6 Å². The summed E-state index contributed by atoms with van der Waals surface area (Å²) in [6.07, 6.45) is 0. The van der Waals surface area contributed by atoms with Crippen LogP contribution < -0.4 is 4.90 Å². The average Bonchev–Trinajstić information content (AvgIpc) is 2.74. The van der Waals surface area contributed by atoms with Gasteiger partial charge >= 0.3 is 0 Å². The third-order valence-corrected chi connectivity index (χ3v) is 5.20. The zero-order chi connectivity index (χ0) is 14.8. The van der Waals surface area contributed by atoms with Gasteiger partial charge in [0.25, 0.3) is 0 Å². The van der Waals surface area contributed by atoms with Crippen molar-refractivity contribution in [3.8, 4) is 0 Å². The number of hydrogen-bond donors (Lipinski definition) is 0. The van der Waals surface area contributed by atoms with Gasteiger partial charge in [0.2, 0.25) is 5.91 Å². The SMILES string of the molecule is Cc1cccc(N2C(=O)C(CN3CCOCC3)SC2=S)c1. The molecule has 2 fully saturated rings. The fraction of sp³-hybridized carbons (Fsp3) is 0.467. The first-order chi connectivity index (χ1) is 10.1. The largest absolute Gasteiger partial charge is 0.379 e. The van der Waals surface area contributed by atoms with Gasteiger partial charge < -0.3 is 4.74 Å². The highest BCUT2D eigenvalue weighted by Gasteiger charge is 2.38. The smallest absolute Gasteiger partial charge is 0.247 e. The Morgan fingerprint density at radius 1 is 1.38 bits per heavy atom. The van der Waals surface area contributed by atoms with Gasteiger partial charge in [-0.1, -0.05) is 36.1 Å². The number of thioether (sulfide) groups is 1. The molecule has 1 unspecified atom stereocenters. The molecule has 0 N–H and O–H groups in total. The molecular weight excluding hydrogens is 304 g/mol. The number of aryl methyl sites for hydroxylation is 1. The van der Waals surface area contributed by atoms with Crippen molar-refractivity contribution in [1.29, 1.82) is 0 Å². The Balaban J connectivity index is 1.72. The van der Waals surface area contributed by atoms with Gasteiger partial charge in [-0.25, -0.2) is 0 Å². The Hall–Kier alpha value is -0.950. The molecule has 2 heterocycles. The van der Waals surface area contributed by atoms with Crippen LogP contribution in [0.3, 0.4) is 0 Å². The Labute approximate surface area is 134 Å². The van der Waals surface area contributed by atoms with Crippen molar-refractivity contribution in [2.75, 3.05) is 37.7 Å². The average molecular weight is 322 g/mol. The molecule has 0 aromatic heterocycles. The summed E-state index contributed by atoms with van der Waals surface area (Å²) in [6.45, 7) is 6.04. The predicted octanol–water partition coefficient (Wildman–Crippen LogP) is 2.06. The Morgan fingerprint density at radius 2 is 2.14 bits per heavy atom. The predicted molar refractivity (Wildman–Crippen MR) is 89.9 cm³/mol. The first kappa shape index (κ1) is 15.0. The lowest BCUT2D eigenvalue weighted by Gasteiger charge is -2.27. The van der Waals surface area contributed by atoms with Gasteiger partial charge in [0.15, 0.2) is 0 Å². The Kier molecular flexibility index (Phi) is 4.59. The monoisotopic (exact) mass is 322 g/mol. The molecule has 1 amide bonds. The second-order valence-electron chi connectivity index (χ2n) is 5.30. The molecule has 0 saturated carbocycles. The van der Waals surface area contributed by atoms with Crippen molar-refractivity contribution in [3.63, 3.8) is 0 Å². The van der Waals surface area contributed by atoms with Crippen molar-refractivity contribution < 1.29 is 9.53 Å². The topological polar surface area (TPSA) is 32.8 Å². The minimum Gasteiger partial charge on any atom is -0.379 e. The summed E-state index contributed by atoms with van der Waals surface area (Å²) >= 11 is 6.91. The molecule has 2 aliphatic heterocycles. The molecule has 0 spiro atoms. The summed E-state index contributed by atoms with van der Waals surface area (Å²) in [5.41, 5.74) is 2.01. The summed E-state index contributed by atoms with van der Waals surface area (Å²) in [4.78, 5) is 16.6. The highest BCUT2D eigenvalue weighted by molar-refractivity contribution is 8.25. The number of carbonyl (C=O) groups excluding carboxylic acids is 1. The Bertz CT molecular complexity index is 558. The number of rotatable bonds is 3. The van der Waals surface area contributed by atoms with Gasteiger partial charge in [0.05, 0.1) is 18.9 Å². The van der Waals surface area contributed by atoms with Gasteiger partial charge in [-0.05, 0) is 24.6 Å². The maximum Gasteiger partial charge on any atom is 0.247 e. The number of benzene rings is 1. The number of ether oxygens (including phenoxy) is 1. The minimum absolute atomic E-state index is 0.0992. The lowest BCUT2D eigenvalue weighted by molar-refractivity contribution is -0.117. The fourth-order valence-electron chi connectivity index (χ4n) is 2.59. The standard InChI is InChI=1S/C15H18N2O2S2/c1-11-3-2-4-12(9-11)17-14(18)13(21-15(17)20)10-16-5-7-19-8-6-16/h2-4,9,13H,5-8,10H2,1H3. The summed E-state index contributed by atoms with van der Waals surface area (Å²) in [5, 5.41) is -0.101. The normalized spacial score (nSPS) is 23.9. The number of nitrogens with zero attached hydrogens (tertiary/aromatic N) is 2. The second kappa shape index (κ2) is 6.44. The molecule has 1 aromatic carbocycles. The molecule has 0 radical (unpaired) electrons. The fourth-order valence-corrected chi connectivity index (χ4v) is 4.17. The molecule has 3 rings (SSSR count). The van der Waals surface area contributed by atoms with E-state index >= 15 is 0 Å². The first-order valence-electron chi connectivity index (χ1n) is 7.06. The first-order valence-corrected chi connectivity index (χ1v) is 8.35. The maximum absolute atomic E-state index is 12.7. The van der Waals surface area contributed by atoms with Crippen LogP contribution in [0.15, 0.2) is 24.3 Å². The van der Waals surface area contributed by atoms with Crippen molar-refractivity contribution >= 4 is 39.9 Å². The number of thiocarbonyl (C=S) groups is 1. The summed E-state index contributed by atoms with van der Waals surface area (Å²) in [5.74, 6) is 0.0992. The number of morpholine rings is 1.